The van der Waals surface area contributed by atoms with E-state index in [1.54, 1.807) is 0 Å². The average molecular weight is 285 g/mol. The third-order valence-corrected chi connectivity index (χ3v) is 3.30. The number of hydrogen-bond acceptors (Lipinski definition) is 1. The van der Waals surface area contributed by atoms with E-state index >= 15 is 0 Å². The van der Waals surface area contributed by atoms with Gasteiger partial charge in [-0.1, -0.05) is 39.3 Å². The van der Waals surface area contributed by atoms with Gasteiger partial charge in [0.15, 0.2) is 0 Å². The zero-order valence-electron chi connectivity index (χ0n) is 12.1. The number of ketones is 1. The molecule has 0 radical (unpaired) electrons. The highest BCUT2D eigenvalue weighted by Crippen LogP contribution is 2.27. The standard InChI is InChI=1S/C16H22ClFO/c1-11(10-16(2,3)4)7-14(19)9-12-8-13(18)5-6-15(12)17/h5-6,8,11H,7,9-10H2,1-4H3. The third-order valence-electron chi connectivity index (χ3n) is 2.93. The molecule has 0 aliphatic rings. The van der Waals surface area contributed by atoms with Gasteiger partial charge < -0.3 is 0 Å². The Morgan fingerprint density at radius 2 is 2.00 bits per heavy atom. The molecule has 0 spiro atoms. The first-order chi connectivity index (χ1) is 8.67. The Bertz CT molecular complexity index is 449. The summed E-state index contributed by atoms with van der Waals surface area (Å²) in [5, 5.41) is 0.457. The molecule has 0 fully saturated rings. The normalized spacial score (nSPS) is 13.4. The molecule has 1 unspecified atom stereocenters. The summed E-state index contributed by atoms with van der Waals surface area (Å²) in [4.78, 5) is 12.0. The second-order valence-corrected chi connectivity index (χ2v) is 6.93. The number of halogens is 2. The third kappa shape index (κ3) is 6.20. The molecule has 1 rings (SSSR count). The number of Topliss-reactive ketones (excluding diaryl/α,β-unsaturated/α-hetero) is 1. The van der Waals surface area contributed by atoms with Gasteiger partial charge in [-0.15, -0.1) is 0 Å². The predicted molar refractivity (Wildman–Crippen MR) is 78.0 cm³/mol. The van der Waals surface area contributed by atoms with Crippen molar-refractivity contribution in [3.63, 3.8) is 0 Å². The van der Waals surface area contributed by atoms with E-state index in [2.05, 4.69) is 27.7 Å². The van der Waals surface area contributed by atoms with Crippen LogP contribution in [0.5, 0.6) is 0 Å². The number of rotatable bonds is 5. The molecule has 0 aliphatic heterocycles. The van der Waals surface area contributed by atoms with Crippen LogP contribution in [-0.2, 0) is 11.2 Å². The van der Waals surface area contributed by atoms with Crippen molar-refractivity contribution in [3.05, 3.63) is 34.6 Å². The topological polar surface area (TPSA) is 17.1 Å². The zero-order chi connectivity index (χ0) is 14.6. The van der Waals surface area contributed by atoms with Gasteiger partial charge in [0.05, 0.1) is 0 Å². The molecule has 1 nitrogen and oxygen atoms in total. The first-order valence-electron chi connectivity index (χ1n) is 6.63. The van der Waals surface area contributed by atoms with Crippen molar-refractivity contribution < 1.29 is 9.18 Å². The van der Waals surface area contributed by atoms with Crippen molar-refractivity contribution in [1.82, 2.24) is 0 Å². The van der Waals surface area contributed by atoms with Crippen molar-refractivity contribution in [2.45, 2.75) is 47.0 Å². The molecule has 0 amide bonds. The molecule has 106 valence electrons. The summed E-state index contributed by atoms with van der Waals surface area (Å²) < 4.78 is 13.1. The van der Waals surface area contributed by atoms with Crippen molar-refractivity contribution in [2.24, 2.45) is 11.3 Å². The summed E-state index contributed by atoms with van der Waals surface area (Å²) in [5.74, 6) is 0.0963. The van der Waals surface area contributed by atoms with Crippen LogP contribution in [0.1, 0.15) is 46.1 Å². The SMILES string of the molecule is CC(CC(=O)Cc1cc(F)ccc1Cl)CC(C)(C)C. The lowest BCUT2D eigenvalue weighted by Crippen LogP contribution is -2.15. The molecule has 1 atom stereocenters. The largest absolute Gasteiger partial charge is 0.299 e. The van der Waals surface area contributed by atoms with Gasteiger partial charge in [0.1, 0.15) is 11.6 Å². The highest BCUT2D eigenvalue weighted by atomic mass is 35.5. The Labute approximate surface area is 120 Å². The zero-order valence-corrected chi connectivity index (χ0v) is 12.9. The highest BCUT2D eigenvalue weighted by molar-refractivity contribution is 6.31. The van der Waals surface area contributed by atoms with Crippen molar-refractivity contribution in [2.75, 3.05) is 0 Å². The lowest BCUT2D eigenvalue weighted by Gasteiger charge is -2.22. The second-order valence-electron chi connectivity index (χ2n) is 6.53. The van der Waals surface area contributed by atoms with Gasteiger partial charge in [0.2, 0.25) is 0 Å². The van der Waals surface area contributed by atoms with Gasteiger partial charge in [0, 0.05) is 17.9 Å². The van der Waals surface area contributed by atoms with E-state index in [0.717, 1.165) is 6.42 Å². The summed E-state index contributed by atoms with van der Waals surface area (Å²) in [6.07, 6.45) is 1.73. The Hall–Kier alpha value is -0.890. The van der Waals surface area contributed by atoms with E-state index in [4.69, 9.17) is 11.6 Å². The summed E-state index contributed by atoms with van der Waals surface area (Å²) in [6, 6.07) is 4.14. The van der Waals surface area contributed by atoms with Crippen LogP contribution in [0.4, 0.5) is 4.39 Å². The first-order valence-corrected chi connectivity index (χ1v) is 7.01. The van der Waals surface area contributed by atoms with Crippen molar-refractivity contribution in [3.8, 4) is 0 Å². The summed E-state index contributed by atoms with van der Waals surface area (Å²) in [7, 11) is 0. The number of benzene rings is 1. The quantitative estimate of drug-likeness (QED) is 0.739. The fourth-order valence-corrected chi connectivity index (χ4v) is 2.65. The monoisotopic (exact) mass is 284 g/mol. The Balaban J connectivity index is 2.58. The molecule has 0 N–H and O–H groups in total. The van der Waals surface area contributed by atoms with Crippen LogP contribution in [0, 0.1) is 17.2 Å². The molecule has 0 aliphatic carbocycles. The van der Waals surface area contributed by atoms with E-state index in [9.17, 15) is 9.18 Å². The molecular weight excluding hydrogens is 263 g/mol. The Kier molecular flexibility index (Phi) is 5.54. The average Bonchev–Trinajstić information content (AvgIpc) is 2.20. The Morgan fingerprint density at radius 3 is 2.58 bits per heavy atom. The minimum atomic E-state index is -0.352. The second kappa shape index (κ2) is 6.51. The van der Waals surface area contributed by atoms with Crippen LogP contribution in [-0.4, -0.2) is 5.78 Å². The summed E-state index contributed by atoms with van der Waals surface area (Å²) >= 11 is 5.96. The molecule has 1 aromatic carbocycles. The van der Waals surface area contributed by atoms with Gasteiger partial charge in [0.25, 0.3) is 0 Å². The molecule has 0 aromatic heterocycles. The molecule has 1 aromatic rings. The molecule has 0 bridgehead atoms. The van der Waals surface area contributed by atoms with Gasteiger partial charge in [-0.25, -0.2) is 4.39 Å². The molecule has 3 heteroatoms. The smallest absolute Gasteiger partial charge is 0.137 e. The van der Waals surface area contributed by atoms with Crippen LogP contribution in [0.25, 0.3) is 0 Å². The van der Waals surface area contributed by atoms with E-state index in [1.165, 1.54) is 18.2 Å². The van der Waals surface area contributed by atoms with Crippen molar-refractivity contribution >= 4 is 17.4 Å². The highest BCUT2D eigenvalue weighted by Gasteiger charge is 2.18. The van der Waals surface area contributed by atoms with Crippen LogP contribution < -0.4 is 0 Å². The maximum atomic E-state index is 13.1. The van der Waals surface area contributed by atoms with Crippen molar-refractivity contribution in [1.29, 1.82) is 0 Å². The van der Waals surface area contributed by atoms with E-state index in [-0.39, 0.29) is 23.4 Å². The fraction of sp³-hybridized carbons (Fsp3) is 0.562. The molecule has 0 heterocycles. The first kappa shape index (κ1) is 16.2. The predicted octanol–water partition coefficient (Wildman–Crippen LogP) is 5.05. The molecular formula is C16H22ClFO. The lowest BCUT2D eigenvalue weighted by atomic mass is 9.83. The fourth-order valence-electron chi connectivity index (χ4n) is 2.47. The Morgan fingerprint density at radius 1 is 1.37 bits per heavy atom. The van der Waals surface area contributed by atoms with E-state index in [1.807, 2.05) is 0 Å². The minimum absolute atomic E-state index is 0.115. The van der Waals surface area contributed by atoms with Crippen LogP contribution in [0.2, 0.25) is 5.02 Å². The maximum absolute atomic E-state index is 13.1. The number of carbonyl (C=O) groups excluding carboxylic acids is 1. The van der Waals surface area contributed by atoms with Gasteiger partial charge in [-0.3, -0.25) is 4.79 Å². The lowest BCUT2D eigenvalue weighted by molar-refractivity contribution is -0.119. The summed E-state index contributed by atoms with van der Waals surface area (Å²) in [5.41, 5.74) is 0.797. The van der Waals surface area contributed by atoms with Crippen LogP contribution in [0.15, 0.2) is 18.2 Å². The summed E-state index contributed by atoms with van der Waals surface area (Å²) in [6.45, 7) is 8.57. The van der Waals surface area contributed by atoms with Gasteiger partial charge >= 0.3 is 0 Å². The van der Waals surface area contributed by atoms with Gasteiger partial charge in [-0.2, -0.15) is 0 Å². The molecule has 0 saturated heterocycles. The van der Waals surface area contributed by atoms with Crippen LogP contribution in [0.3, 0.4) is 0 Å². The number of hydrogen-bond donors (Lipinski definition) is 0. The molecule has 19 heavy (non-hydrogen) atoms. The van der Waals surface area contributed by atoms with E-state index in [0.29, 0.717) is 22.9 Å². The maximum Gasteiger partial charge on any atom is 0.137 e. The minimum Gasteiger partial charge on any atom is -0.299 e. The van der Waals surface area contributed by atoms with Crippen LogP contribution >= 0.6 is 11.6 Å². The van der Waals surface area contributed by atoms with E-state index < -0.39 is 0 Å². The number of carbonyl (C=O) groups is 1. The molecule has 0 saturated carbocycles. The van der Waals surface area contributed by atoms with Gasteiger partial charge in [-0.05, 0) is 41.5 Å².